The molecule has 0 aliphatic carbocycles. The molecule has 0 saturated carbocycles. The van der Waals surface area contributed by atoms with Gasteiger partial charge in [0.15, 0.2) is 0 Å². The van der Waals surface area contributed by atoms with Crippen molar-refractivity contribution in [2.75, 3.05) is 17.1 Å². The largest absolute Gasteiger partial charge is 0.378 e. The van der Waals surface area contributed by atoms with E-state index >= 15 is 0 Å². The van der Waals surface area contributed by atoms with E-state index in [2.05, 4.69) is 0 Å². The van der Waals surface area contributed by atoms with Crippen molar-refractivity contribution < 1.29 is 26.0 Å². The Morgan fingerprint density at radius 3 is 2.38 bits per heavy atom. The van der Waals surface area contributed by atoms with Crippen LogP contribution in [0.15, 0.2) is 23.1 Å². The maximum Gasteiger partial charge on any atom is 0.261 e. The molecule has 0 bridgehead atoms. The second kappa shape index (κ2) is 6.91. The highest BCUT2D eigenvalue weighted by Gasteiger charge is 2.17. The zero-order valence-corrected chi connectivity index (χ0v) is 13.7. The number of ether oxygens (including phenoxy) is 1. The van der Waals surface area contributed by atoms with Crippen LogP contribution in [0.4, 0.5) is 10.1 Å². The number of sulfonamides is 1. The summed E-state index contributed by atoms with van der Waals surface area (Å²) in [5.74, 6) is -1.38. The highest BCUT2D eigenvalue weighted by atomic mass is 35.7. The lowest BCUT2D eigenvalue weighted by Crippen LogP contribution is -2.22. The minimum atomic E-state index is -4.07. The van der Waals surface area contributed by atoms with Crippen molar-refractivity contribution >= 4 is 35.4 Å². The van der Waals surface area contributed by atoms with E-state index in [9.17, 15) is 21.2 Å². The number of benzene rings is 1. The van der Waals surface area contributed by atoms with Crippen LogP contribution in [0, 0.1) is 5.82 Å². The van der Waals surface area contributed by atoms with Crippen molar-refractivity contribution in [3.05, 3.63) is 24.0 Å². The maximum absolute atomic E-state index is 13.7. The van der Waals surface area contributed by atoms with E-state index in [1.54, 1.807) is 13.8 Å². The highest BCUT2D eigenvalue weighted by molar-refractivity contribution is 8.13. The summed E-state index contributed by atoms with van der Waals surface area (Å²) < 4.78 is 66.3. The van der Waals surface area contributed by atoms with Crippen molar-refractivity contribution in [3.63, 3.8) is 0 Å². The van der Waals surface area contributed by atoms with Crippen LogP contribution < -0.4 is 4.72 Å². The van der Waals surface area contributed by atoms with E-state index in [0.717, 1.165) is 12.1 Å². The van der Waals surface area contributed by atoms with E-state index in [0.29, 0.717) is 6.07 Å². The molecule has 0 fully saturated rings. The first kappa shape index (κ1) is 18.1. The van der Waals surface area contributed by atoms with Gasteiger partial charge in [-0.05, 0) is 32.0 Å². The summed E-state index contributed by atoms with van der Waals surface area (Å²) in [7, 11) is -2.81. The Kier molecular flexibility index (Phi) is 5.97. The molecule has 0 amide bonds. The molecule has 0 radical (unpaired) electrons. The van der Waals surface area contributed by atoms with Crippen molar-refractivity contribution in [2.24, 2.45) is 0 Å². The fourth-order valence-corrected chi connectivity index (χ4v) is 3.02. The van der Waals surface area contributed by atoms with Gasteiger partial charge in [0.25, 0.3) is 9.05 Å². The van der Waals surface area contributed by atoms with Gasteiger partial charge in [-0.3, -0.25) is 4.72 Å². The predicted octanol–water partition coefficient (Wildman–Crippen LogP) is 1.92. The third kappa shape index (κ3) is 6.16. The summed E-state index contributed by atoms with van der Waals surface area (Å²) >= 11 is 0. The Morgan fingerprint density at radius 2 is 1.90 bits per heavy atom. The van der Waals surface area contributed by atoms with E-state index in [1.165, 1.54) is 0 Å². The SMILES string of the molecule is CC(C)OCCS(=O)(=O)Nc1ccc(S(=O)(=O)Cl)cc1F. The first-order valence-corrected chi connectivity index (χ1v) is 9.84. The zero-order valence-electron chi connectivity index (χ0n) is 11.3. The van der Waals surface area contributed by atoms with Crippen molar-refractivity contribution in [1.82, 2.24) is 0 Å². The van der Waals surface area contributed by atoms with Crippen molar-refractivity contribution in [3.8, 4) is 0 Å². The van der Waals surface area contributed by atoms with Crippen LogP contribution in [0.25, 0.3) is 0 Å². The van der Waals surface area contributed by atoms with E-state index in [-0.39, 0.29) is 24.2 Å². The van der Waals surface area contributed by atoms with E-state index < -0.39 is 29.8 Å². The maximum atomic E-state index is 13.7. The summed E-state index contributed by atoms with van der Waals surface area (Å²) in [4.78, 5) is -0.451. The van der Waals surface area contributed by atoms with Crippen LogP contribution >= 0.6 is 10.7 Å². The van der Waals surface area contributed by atoms with Gasteiger partial charge >= 0.3 is 0 Å². The van der Waals surface area contributed by atoms with E-state index in [4.69, 9.17) is 15.4 Å². The first-order valence-electron chi connectivity index (χ1n) is 5.87. The third-order valence-electron chi connectivity index (χ3n) is 2.29. The summed E-state index contributed by atoms with van der Waals surface area (Å²) in [6.07, 6.45) is -0.120. The molecule has 1 aromatic carbocycles. The molecular weight excluding hydrogens is 345 g/mol. The average molecular weight is 360 g/mol. The summed E-state index contributed by atoms with van der Waals surface area (Å²) in [6, 6.07) is 2.64. The molecule has 0 saturated heterocycles. The molecule has 0 aliphatic heterocycles. The van der Waals surface area contributed by atoms with Gasteiger partial charge in [-0.1, -0.05) is 0 Å². The molecule has 1 rings (SSSR count). The molecule has 0 aliphatic rings. The van der Waals surface area contributed by atoms with Crippen molar-refractivity contribution in [2.45, 2.75) is 24.8 Å². The van der Waals surface area contributed by atoms with Gasteiger partial charge in [0.1, 0.15) is 5.82 Å². The topological polar surface area (TPSA) is 89.5 Å². The first-order chi connectivity index (χ1) is 9.51. The average Bonchev–Trinajstić information content (AvgIpc) is 2.29. The van der Waals surface area contributed by atoms with Gasteiger partial charge in [-0.25, -0.2) is 21.2 Å². The second-order valence-electron chi connectivity index (χ2n) is 4.42. The molecular formula is C11H15ClFNO5S2. The van der Waals surface area contributed by atoms with E-state index in [1.807, 2.05) is 4.72 Å². The Balaban J connectivity index is 2.84. The quantitative estimate of drug-likeness (QED) is 0.751. The van der Waals surface area contributed by atoms with Gasteiger partial charge in [0.2, 0.25) is 10.0 Å². The molecule has 0 heterocycles. The normalized spacial score (nSPS) is 12.6. The summed E-state index contributed by atoms with van der Waals surface area (Å²) in [6.45, 7) is 3.47. The molecule has 6 nitrogen and oxygen atoms in total. The molecule has 1 aromatic rings. The lowest BCUT2D eigenvalue weighted by Gasteiger charge is -2.11. The molecule has 0 unspecified atom stereocenters. The van der Waals surface area contributed by atoms with Crippen molar-refractivity contribution in [1.29, 1.82) is 0 Å². The molecule has 10 heteroatoms. The molecule has 1 N–H and O–H groups in total. The Bertz CT molecular complexity index is 703. The highest BCUT2D eigenvalue weighted by Crippen LogP contribution is 2.22. The monoisotopic (exact) mass is 359 g/mol. The number of halogens is 2. The van der Waals surface area contributed by atoms with Gasteiger partial charge in [0.05, 0.1) is 29.0 Å². The lowest BCUT2D eigenvalue weighted by atomic mass is 10.3. The molecule has 0 aromatic heterocycles. The molecule has 0 atom stereocenters. The standard InChI is InChI=1S/C11H15ClFNO5S2/c1-8(2)19-5-6-20(15,16)14-11-4-3-9(7-10(11)13)21(12,17)18/h3-4,7-8,14H,5-6H2,1-2H3. The van der Waals surface area contributed by atoms with Crippen LogP contribution in [-0.4, -0.2) is 35.3 Å². The van der Waals surface area contributed by atoms with Gasteiger partial charge in [0, 0.05) is 10.7 Å². The predicted molar refractivity (Wildman–Crippen MR) is 77.9 cm³/mol. The Morgan fingerprint density at radius 1 is 1.29 bits per heavy atom. The molecule has 0 spiro atoms. The fourth-order valence-electron chi connectivity index (χ4n) is 1.34. The third-order valence-corrected chi connectivity index (χ3v) is 4.88. The number of nitrogens with one attached hydrogen (secondary N) is 1. The fraction of sp³-hybridized carbons (Fsp3) is 0.455. The van der Waals surface area contributed by atoms with Crippen LogP contribution in [-0.2, 0) is 23.8 Å². The number of hydrogen-bond donors (Lipinski definition) is 1. The second-order valence-corrected chi connectivity index (χ2v) is 8.83. The number of rotatable bonds is 7. The minimum absolute atomic E-state index is 0.0389. The Hall–Kier alpha value is -0.900. The summed E-state index contributed by atoms with van der Waals surface area (Å²) in [5.41, 5.74) is -0.358. The van der Waals surface area contributed by atoms with Crippen LogP contribution in [0.3, 0.4) is 0 Å². The number of hydrogen-bond acceptors (Lipinski definition) is 5. The van der Waals surface area contributed by atoms with Crippen LogP contribution in [0.2, 0.25) is 0 Å². The van der Waals surface area contributed by atoms with Gasteiger partial charge in [-0.15, -0.1) is 0 Å². The van der Waals surface area contributed by atoms with Gasteiger partial charge in [-0.2, -0.15) is 0 Å². The molecule has 120 valence electrons. The van der Waals surface area contributed by atoms with Crippen LogP contribution in [0.5, 0.6) is 0 Å². The lowest BCUT2D eigenvalue weighted by molar-refractivity contribution is 0.0913. The van der Waals surface area contributed by atoms with Crippen LogP contribution in [0.1, 0.15) is 13.8 Å². The van der Waals surface area contributed by atoms with Gasteiger partial charge < -0.3 is 4.74 Å². The molecule has 21 heavy (non-hydrogen) atoms. The summed E-state index contributed by atoms with van der Waals surface area (Å²) in [5, 5.41) is 0. The number of anilines is 1. The minimum Gasteiger partial charge on any atom is -0.378 e. The smallest absolute Gasteiger partial charge is 0.261 e. The zero-order chi connectivity index (χ0) is 16.3. The Labute approximate surface area is 127 Å².